The fourth-order valence-corrected chi connectivity index (χ4v) is 1.29. The molecule has 0 spiro atoms. The van der Waals surface area contributed by atoms with Crippen molar-refractivity contribution in [3.8, 4) is 0 Å². The van der Waals surface area contributed by atoms with Gasteiger partial charge in [0, 0.05) is 25.2 Å². The molecular formula is C7H15ClN2O2. The zero-order chi connectivity index (χ0) is 8.43. The van der Waals surface area contributed by atoms with Crippen LogP contribution in [0.25, 0.3) is 0 Å². The average molecular weight is 195 g/mol. The van der Waals surface area contributed by atoms with Gasteiger partial charge in [-0.3, -0.25) is 0 Å². The van der Waals surface area contributed by atoms with E-state index in [0.717, 1.165) is 6.54 Å². The Morgan fingerprint density at radius 2 is 2.17 bits per heavy atom. The highest BCUT2D eigenvalue weighted by Crippen LogP contribution is 2.05. The predicted molar refractivity (Wildman–Crippen MR) is 48.9 cm³/mol. The Morgan fingerprint density at radius 1 is 1.58 bits per heavy atom. The second-order valence-electron chi connectivity index (χ2n) is 3.09. The predicted octanol–water partition coefficient (Wildman–Crippen LogP) is 0.768. The molecule has 2 N–H and O–H groups in total. The van der Waals surface area contributed by atoms with E-state index in [1.54, 1.807) is 0 Å². The van der Waals surface area contributed by atoms with Gasteiger partial charge in [-0.1, -0.05) is 0 Å². The number of nitrogens with one attached hydrogen (secondary N) is 1. The molecule has 2 unspecified atom stereocenters. The molecule has 5 heteroatoms. The molecule has 1 aliphatic rings. The molecule has 0 aromatic rings. The number of carboxylic acid groups (broad SMARTS) is 1. The number of halogens is 1. The SMILES string of the molecule is CC1CN(C(=O)O)C(C)CN1.Cl. The van der Waals surface area contributed by atoms with Crippen LogP contribution in [0.3, 0.4) is 0 Å². The molecular weight excluding hydrogens is 180 g/mol. The molecule has 12 heavy (non-hydrogen) atoms. The maximum atomic E-state index is 10.6. The second kappa shape index (κ2) is 4.52. The summed E-state index contributed by atoms with van der Waals surface area (Å²) < 4.78 is 0. The summed E-state index contributed by atoms with van der Waals surface area (Å²) in [6.45, 7) is 5.25. The Morgan fingerprint density at radius 3 is 2.58 bits per heavy atom. The molecule has 1 amide bonds. The Kier molecular flexibility index (Phi) is 4.34. The lowest BCUT2D eigenvalue weighted by Gasteiger charge is -2.35. The van der Waals surface area contributed by atoms with E-state index in [1.807, 2.05) is 13.8 Å². The van der Waals surface area contributed by atoms with Gasteiger partial charge in [-0.05, 0) is 13.8 Å². The molecule has 0 aromatic carbocycles. The molecule has 0 aromatic heterocycles. The van der Waals surface area contributed by atoms with Crippen LogP contribution in [0.4, 0.5) is 4.79 Å². The van der Waals surface area contributed by atoms with Gasteiger partial charge in [0.25, 0.3) is 0 Å². The van der Waals surface area contributed by atoms with Gasteiger partial charge in [-0.2, -0.15) is 0 Å². The fraction of sp³-hybridized carbons (Fsp3) is 0.857. The molecule has 1 fully saturated rings. The quantitative estimate of drug-likeness (QED) is 0.599. The van der Waals surface area contributed by atoms with Crippen molar-refractivity contribution in [1.29, 1.82) is 0 Å². The number of rotatable bonds is 0. The average Bonchev–Trinajstić information content (AvgIpc) is 1.94. The Bertz CT molecular complexity index is 165. The summed E-state index contributed by atoms with van der Waals surface area (Å²) >= 11 is 0. The van der Waals surface area contributed by atoms with Gasteiger partial charge in [-0.25, -0.2) is 4.79 Å². The van der Waals surface area contributed by atoms with E-state index in [-0.39, 0.29) is 24.5 Å². The van der Waals surface area contributed by atoms with Crippen molar-refractivity contribution in [2.24, 2.45) is 0 Å². The van der Waals surface area contributed by atoms with E-state index >= 15 is 0 Å². The molecule has 72 valence electrons. The second-order valence-corrected chi connectivity index (χ2v) is 3.09. The minimum Gasteiger partial charge on any atom is -0.465 e. The van der Waals surface area contributed by atoms with Crippen LogP contribution >= 0.6 is 12.4 Å². The minimum absolute atomic E-state index is 0. The van der Waals surface area contributed by atoms with Gasteiger partial charge in [0.15, 0.2) is 0 Å². The molecule has 2 atom stereocenters. The third-order valence-corrected chi connectivity index (χ3v) is 2.01. The zero-order valence-electron chi connectivity index (χ0n) is 7.28. The number of carbonyl (C=O) groups is 1. The van der Waals surface area contributed by atoms with Gasteiger partial charge in [-0.15, -0.1) is 12.4 Å². The van der Waals surface area contributed by atoms with Crippen LogP contribution in [-0.2, 0) is 0 Å². The summed E-state index contributed by atoms with van der Waals surface area (Å²) in [6.07, 6.45) is -0.814. The molecule has 0 aliphatic carbocycles. The molecule has 4 nitrogen and oxygen atoms in total. The molecule has 1 heterocycles. The number of piperazine rings is 1. The molecule has 0 saturated carbocycles. The normalized spacial score (nSPS) is 29.3. The Hall–Kier alpha value is -0.480. The summed E-state index contributed by atoms with van der Waals surface area (Å²) in [5.41, 5.74) is 0. The first-order valence-electron chi connectivity index (χ1n) is 3.84. The lowest BCUT2D eigenvalue weighted by atomic mass is 10.1. The van der Waals surface area contributed by atoms with Crippen molar-refractivity contribution in [3.05, 3.63) is 0 Å². The third kappa shape index (κ3) is 2.53. The lowest BCUT2D eigenvalue weighted by molar-refractivity contribution is 0.107. The van der Waals surface area contributed by atoms with Crippen molar-refractivity contribution < 1.29 is 9.90 Å². The van der Waals surface area contributed by atoms with Crippen molar-refractivity contribution in [2.75, 3.05) is 13.1 Å². The maximum absolute atomic E-state index is 10.6. The van der Waals surface area contributed by atoms with Crippen molar-refractivity contribution >= 4 is 18.5 Å². The van der Waals surface area contributed by atoms with E-state index in [4.69, 9.17) is 5.11 Å². The maximum Gasteiger partial charge on any atom is 0.407 e. The monoisotopic (exact) mass is 194 g/mol. The van der Waals surface area contributed by atoms with Gasteiger partial charge in [0.05, 0.1) is 0 Å². The van der Waals surface area contributed by atoms with E-state index in [0.29, 0.717) is 6.54 Å². The number of hydrogen-bond donors (Lipinski definition) is 2. The highest BCUT2D eigenvalue weighted by Gasteiger charge is 2.25. The standard InChI is InChI=1S/C7H14N2O2.ClH/c1-5-4-9(7(10)11)6(2)3-8-5;/h5-6,8H,3-4H2,1-2H3,(H,10,11);1H. The summed E-state index contributed by atoms with van der Waals surface area (Å²) in [5, 5.41) is 11.9. The van der Waals surface area contributed by atoms with Crippen molar-refractivity contribution in [1.82, 2.24) is 10.2 Å². The smallest absolute Gasteiger partial charge is 0.407 e. The minimum atomic E-state index is -0.814. The third-order valence-electron chi connectivity index (χ3n) is 2.01. The molecule has 1 saturated heterocycles. The molecule has 1 aliphatic heterocycles. The van der Waals surface area contributed by atoms with Crippen LogP contribution in [0, 0.1) is 0 Å². The zero-order valence-corrected chi connectivity index (χ0v) is 8.10. The number of amides is 1. The molecule has 0 radical (unpaired) electrons. The van der Waals surface area contributed by atoms with Crippen LogP contribution in [-0.4, -0.2) is 41.3 Å². The van der Waals surface area contributed by atoms with Crippen LogP contribution in [0.5, 0.6) is 0 Å². The summed E-state index contributed by atoms with van der Waals surface area (Å²) in [7, 11) is 0. The topological polar surface area (TPSA) is 52.6 Å². The van der Waals surface area contributed by atoms with E-state index in [9.17, 15) is 4.79 Å². The first kappa shape index (κ1) is 11.5. The van der Waals surface area contributed by atoms with Crippen LogP contribution in [0.2, 0.25) is 0 Å². The first-order chi connectivity index (χ1) is 5.11. The fourth-order valence-electron chi connectivity index (χ4n) is 1.29. The number of hydrogen-bond acceptors (Lipinski definition) is 2. The molecule has 1 rings (SSSR count). The first-order valence-corrected chi connectivity index (χ1v) is 3.84. The van der Waals surface area contributed by atoms with Gasteiger partial charge < -0.3 is 15.3 Å². The van der Waals surface area contributed by atoms with Gasteiger partial charge in [0.1, 0.15) is 0 Å². The summed E-state index contributed by atoms with van der Waals surface area (Å²) in [4.78, 5) is 12.1. The largest absolute Gasteiger partial charge is 0.465 e. The van der Waals surface area contributed by atoms with Crippen LogP contribution < -0.4 is 5.32 Å². The van der Waals surface area contributed by atoms with E-state index < -0.39 is 6.09 Å². The highest BCUT2D eigenvalue weighted by atomic mass is 35.5. The van der Waals surface area contributed by atoms with E-state index in [2.05, 4.69) is 5.32 Å². The number of nitrogens with zero attached hydrogens (tertiary/aromatic N) is 1. The Balaban J connectivity index is 0.00000121. The van der Waals surface area contributed by atoms with Crippen molar-refractivity contribution in [3.63, 3.8) is 0 Å². The van der Waals surface area contributed by atoms with E-state index in [1.165, 1.54) is 4.90 Å². The highest BCUT2D eigenvalue weighted by molar-refractivity contribution is 5.85. The van der Waals surface area contributed by atoms with Gasteiger partial charge >= 0.3 is 6.09 Å². The molecule has 0 bridgehead atoms. The van der Waals surface area contributed by atoms with Crippen LogP contribution in [0.15, 0.2) is 0 Å². The van der Waals surface area contributed by atoms with Gasteiger partial charge in [0.2, 0.25) is 0 Å². The summed E-state index contributed by atoms with van der Waals surface area (Å²) in [5.74, 6) is 0. The lowest BCUT2D eigenvalue weighted by Crippen LogP contribution is -2.55. The Labute approximate surface area is 78.3 Å². The van der Waals surface area contributed by atoms with Crippen LogP contribution in [0.1, 0.15) is 13.8 Å². The van der Waals surface area contributed by atoms with Crippen molar-refractivity contribution in [2.45, 2.75) is 25.9 Å². The summed E-state index contributed by atoms with van der Waals surface area (Å²) in [6, 6.07) is 0.381.